The Balaban J connectivity index is 1.79. The molecule has 0 spiro atoms. The molecule has 0 amide bonds. The predicted octanol–water partition coefficient (Wildman–Crippen LogP) is 4.47. The Morgan fingerprint density at radius 2 is 1.95 bits per heavy atom. The highest BCUT2D eigenvalue weighted by molar-refractivity contribution is 6.31. The predicted molar refractivity (Wildman–Crippen MR) is 80.8 cm³/mol. The first kappa shape index (κ1) is 13.9. The second-order valence-electron chi connectivity index (χ2n) is 4.98. The molecular weight excluding hydrogens is 296 g/mol. The van der Waals surface area contributed by atoms with Crippen LogP contribution in [0.2, 0.25) is 5.02 Å². The molecule has 0 fully saturated rings. The topological polar surface area (TPSA) is 12.0 Å². The molecule has 1 nitrogen and oxygen atoms in total. The van der Waals surface area contributed by atoms with Gasteiger partial charge in [-0.3, -0.25) is 0 Å². The van der Waals surface area contributed by atoms with E-state index >= 15 is 0 Å². The number of hydrogen-bond acceptors (Lipinski definition) is 1. The molecule has 20 heavy (non-hydrogen) atoms. The summed E-state index contributed by atoms with van der Waals surface area (Å²) >= 11 is 12.4. The lowest BCUT2D eigenvalue weighted by molar-refractivity contribution is 0.518. The van der Waals surface area contributed by atoms with Gasteiger partial charge < -0.3 is 5.32 Å². The molecule has 0 radical (unpaired) electrons. The Morgan fingerprint density at radius 1 is 1.15 bits per heavy atom. The number of alkyl halides is 1. The van der Waals surface area contributed by atoms with Crippen LogP contribution in [0.1, 0.15) is 22.7 Å². The summed E-state index contributed by atoms with van der Waals surface area (Å²) in [6, 6.07) is 12.9. The lowest BCUT2D eigenvalue weighted by atomic mass is 10.1. The smallest absolute Gasteiger partial charge is 0.129 e. The highest BCUT2D eigenvalue weighted by atomic mass is 35.5. The van der Waals surface area contributed by atoms with Gasteiger partial charge in [-0.1, -0.05) is 41.9 Å². The van der Waals surface area contributed by atoms with Crippen molar-refractivity contribution in [3.8, 4) is 0 Å². The lowest BCUT2D eigenvalue weighted by Crippen LogP contribution is -2.26. The first-order valence-electron chi connectivity index (χ1n) is 6.55. The normalized spacial score (nSPS) is 20.9. The average Bonchev–Trinajstić information content (AvgIpc) is 2.74. The second kappa shape index (κ2) is 5.72. The highest BCUT2D eigenvalue weighted by Gasteiger charge is 2.30. The van der Waals surface area contributed by atoms with Gasteiger partial charge in [0.1, 0.15) is 5.82 Å². The number of fused-ring (bicyclic) bond motifs is 1. The fraction of sp³-hybridized carbons (Fsp3) is 0.250. The summed E-state index contributed by atoms with van der Waals surface area (Å²) in [5.74, 6) is -0.289. The van der Waals surface area contributed by atoms with Gasteiger partial charge in [-0.15, -0.1) is 11.6 Å². The number of hydrogen-bond donors (Lipinski definition) is 1. The average molecular weight is 310 g/mol. The van der Waals surface area contributed by atoms with Crippen molar-refractivity contribution >= 4 is 23.2 Å². The number of halogens is 3. The summed E-state index contributed by atoms with van der Waals surface area (Å²) in [6.45, 7) is 0.369. The van der Waals surface area contributed by atoms with Crippen molar-refractivity contribution in [3.63, 3.8) is 0 Å². The summed E-state index contributed by atoms with van der Waals surface area (Å²) in [7, 11) is 0. The minimum atomic E-state index is -0.289. The molecule has 2 unspecified atom stereocenters. The van der Waals surface area contributed by atoms with Crippen molar-refractivity contribution in [2.24, 2.45) is 0 Å². The van der Waals surface area contributed by atoms with Crippen molar-refractivity contribution in [1.29, 1.82) is 0 Å². The van der Waals surface area contributed by atoms with E-state index in [0.29, 0.717) is 17.1 Å². The van der Waals surface area contributed by atoms with E-state index in [2.05, 4.69) is 17.4 Å². The first-order chi connectivity index (χ1) is 9.66. The van der Waals surface area contributed by atoms with E-state index in [1.807, 2.05) is 12.1 Å². The zero-order valence-electron chi connectivity index (χ0n) is 10.7. The molecule has 4 heteroatoms. The van der Waals surface area contributed by atoms with Crippen LogP contribution in [0.4, 0.5) is 4.39 Å². The van der Waals surface area contributed by atoms with Gasteiger partial charge in [-0.2, -0.15) is 0 Å². The van der Waals surface area contributed by atoms with Crippen molar-refractivity contribution in [1.82, 2.24) is 5.32 Å². The van der Waals surface area contributed by atoms with Gasteiger partial charge in [-0.05, 0) is 29.7 Å². The van der Waals surface area contributed by atoms with Crippen molar-refractivity contribution in [2.75, 3.05) is 0 Å². The van der Waals surface area contributed by atoms with Gasteiger partial charge >= 0.3 is 0 Å². The Bertz CT molecular complexity index is 609. The minimum absolute atomic E-state index is 0.0158. The fourth-order valence-corrected chi connectivity index (χ4v) is 3.32. The van der Waals surface area contributed by atoms with Crippen LogP contribution in [0.15, 0.2) is 42.5 Å². The molecule has 0 aliphatic heterocycles. The molecule has 2 atom stereocenters. The molecule has 104 valence electrons. The molecule has 2 aromatic carbocycles. The number of rotatable bonds is 3. The van der Waals surface area contributed by atoms with Gasteiger partial charge in [0, 0.05) is 23.2 Å². The lowest BCUT2D eigenvalue weighted by Gasteiger charge is -2.18. The third-order valence-electron chi connectivity index (χ3n) is 3.73. The summed E-state index contributed by atoms with van der Waals surface area (Å²) in [4.78, 5) is 0. The quantitative estimate of drug-likeness (QED) is 0.825. The third-order valence-corrected chi connectivity index (χ3v) is 4.49. The van der Waals surface area contributed by atoms with E-state index in [1.54, 1.807) is 12.1 Å². The van der Waals surface area contributed by atoms with Crippen molar-refractivity contribution in [2.45, 2.75) is 24.4 Å². The van der Waals surface area contributed by atoms with Crippen LogP contribution in [0.25, 0.3) is 0 Å². The van der Waals surface area contributed by atoms with Crippen molar-refractivity contribution in [3.05, 3.63) is 70.0 Å². The van der Waals surface area contributed by atoms with Crippen LogP contribution in [0.5, 0.6) is 0 Å². The molecule has 0 aromatic heterocycles. The molecular formula is C16H14Cl2FN. The first-order valence-corrected chi connectivity index (χ1v) is 7.36. The maximum Gasteiger partial charge on any atom is 0.129 e. The highest BCUT2D eigenvalue weighted by Crippen LogP contribution is 2.35. The molecule has 3 rings (SSSR count). The molecule has 0 heterocycles. The maximum absolute atomic E-state index is 13.8. The Kier molecular flexibility index (Phi) is 3.97. The molecule has 1 aliphatic carbocycles. The van der Waals surface area contributed by atoms with Crippen LogP contribution in [-0.4, -0.2) is 5.38 Å². The summed E-state index contributed by atoms with van der Waals surface area (Å²) < 4.78 is 13.8. The van der Waals surface area contributed by atoms with Crippen LogP contribution in [-0.2, 0) is 13.0 Å². The molecule has 0 bridgehead atoms. The molecule has 1 N–H and O–H groups in total. The second-order valence-corrected chi connectivity index (χ2v) is 5.95. The molecule has 2 aromatic rings. The monoisotopic (exact) mass is 309 g/mol. The van der Waals surface area contributed by atoms with Crippen LogP contribution in [0, 0.1) is 5.82 Å². The van der Waals surface area contributed by atoms with Crippen molar-refractivity contribution < 1.29 is 4.39 Å². The summed E-state index contributed by atoms with van der Waals surface area (Å²) in [6.07, 6.45) is 0.834. The standard InChI is InChI=1S/C16H14Cl2FN/c17-13-6-3-7-15(19)12(13)9-20-16-11-5-2-1-4-10(11)8-14(16)18/h1-7,14,16,20H,8-9H2. The molecule has 1 aliphatic rings. The van der Waals surface area contributed by atoms with Crippen LogP contribution in [0.3, 0.4) is 0 Å². The fourth-order valence-electron chi connectivity index (χ4n) is 2.70. The molecule has 0 saturated heterocycles. The minimum Gasteiger partial charge on any atom is -0.304 e. The summed E-state index contributed by atoms with van der Waals surface area (Å²) in [5, 5.41) is 3.75. The van der Waals surface area contributed by atoms with E-state index in [-0.39, 0.29) is 17.2 Å². The van der Waals surface area contributed by atoms with Gasteiger partial charge in [0.05, 0.1) is 5.38 Å². The number of nitrogens with one attached hydrogen (secondary N) is 1. The Hall–Kier alpha value is -1.09. The van der Waals surface area contributed by atoms with Gasteiger partial charge in [0.25, 0.3) is 0 Å². The van der Waals surface area contributed by atoms with Crippen LogP contribution >= 0.6 is 23.2 Å². The SMILES string of the molecule is Fc1cccc(Cl)c1CNC1c2ccccc2CC1Cl. The van der Waals surface area contributed by atoms with E-state index < -0.39 is 0 Å². The van der Waals surface area contributed by atoms with Crippen LogP contribution < -0.4 is 5.32 Å². The maximum atomic E-state index is 13.8. The summed E-state index contributed by atoms with van der Waals surface area (Å²) in [5.41, 5.74) is 2.94. The number of benzene rings is 2. The Labute approximate surface area is 127 Å². The zero-order chi connectivity index (χ0) is 14.1. The zero-order valence-corrected chi connectivity index (χ0v) is 12.3. The van der Waals surface area contributed by atoms with Gasteiger partial charge in [0.15, 0.2) is 0 Å². The molecule has 0 saturated carbocycles. The van der Waals surface area contributed by atoms with E-state index in [1.165, 1.54) is 17.2 Å². The van der Waals surface area contributed by atoms with Gasteiger partial charge in [-0.25, -0.2) is 4.39 Å². The van der Waals surface area contributed by atoms with E-state index in [4.69, 9.17) is 23.2 Å². The van der Waals surface area contributed by atoms with Gasteiger partial charge in [0.2, 0.25) is 0 Å². The Morgan fingerprint density at radius 3 is 2.75 bits per heavy atom. The van der Waals surface area contributed by atoms with E-state index in [9.17, 15) is 4.39 Å². The third kappa shape index (κ3) is 2.56. The van der Waals surface area contributed by atoms with E-state index in [0.717, 1.165) is 6.42 Å². The largest absolute Gasteiger partial charge is 0.304 e.